The minimum atomic E-state index is -3.83. The second-order valence-corrected chi connectivity index (χ2v) is 7.82. The number of carbonyl (C=O) groups excluding carboxylic acids is 2. The van der Waals surface area contributed by atoms with Crippen molar-refractivity contribution >= 4 is 32.7 Å². The molecule has 0 bridgehead atoms. The summed E-state index contributed by atoms with van der Waals surface area (Å²) in [5.74, 6) is -2.59. The van der Waals surface area contributed by atoms with Crippen molar-refractivity contribution in [2.75, 3.05) is 0 Å². The van der Waals surface area contributed by atoms with Crippen molar-refractivity contribution < 1.29 is 22.4 Å². The maximum Gasteiger partial charge on any atom is 0.269 e. The van der Waals surface area contributed by atoms with Crippen molar-refractivity contribution in [3.63, 3.8) is 0 Å². The third-order valence-corrected chi connectivity index (χ3v) is 6.04. The van der Waals surface area contributed by atoms with Crippen LogP contribution in [0.25, 0.3) is 0 Å². The molecule has 128 valence electrons. The van der Waals surface area contributed by atoms with Gasteiger partial charge in [0.2, 0.25) is 21.4 Å². The number of ketones is 2. The molecule has 0 saturated heterocycles. The Hall–Kier alpha value is -2.79. The highest BCUT2D eigenvalue weighted by Crippen LogP contribution is 2.26. The van der Waals surface area contributed by atoms with Gasteiger partial charge in [-0.3, -0.25) is 9.59 Å². The van der Waals surface area contributed by atoms with E-state index in [1.54, 1.807) is 0 Å². The third kappa shape index (κ3) is 3.51. The number of aromatic amines is 1. The van der Waals surface area contributed by atoms with Crippen LogP contribution in [0.4, 0.5) is 4.39 Å². The van der Waals surface area contributed by atoms with E-state index in [4.69, 9.17) is 0 Å². The molecule has 0 aliphatic heterocycles. The molecular weight excluding hydrogens is 371 g/mol. The molecule has 0 radical (unpaired) electrons. The zero-order chi connectivity index (χ0) is 18.0. The van der Waals surface area contributed by atoms with E-state index >= 15 is 0 Å². The Bertz CT molecular complexity index is 1030. The highest BCUT2D eigenvalue weighted by atomic mass is 32.2. The van der Waals surface area contributed by atoms with Gasteiger partial charge in [-0.1, -0.05) is 0 Å². The molecule has 0 atom stereocenters. The summed E-state index contributed by atoms with van der Waals surface area (Å²) in [6.07, 6.45) is -0.281. The lowest BCUT2D eigenvalue weighted by molar-refractivity contribution is -0.114. The van der Waals surface area contributed by atoms with Crippen LogP contribution in [-0.2, 0) is 21.1 Å². The summed E-state index contributed by atoms with van der Waals surface area (Å²) in [6.45, 7) is 0. The van der Waals surface area contributed by atoms with Crippen LogP contribution in [0.3, 0.4) is 0 Å². The number of thiophene rings is 1. The minimum absolute atomic E-state index is 0.0288. The SMILES string of the molecule is O=C(Cc1cc(S(=O)(=O)c2ccc(F)cc2)cs1)C(=O)c1nn[nH]n1. The first-order chi connectivity index (χ1) is 11.9. The summed E-state index contributed by atoms with van der Waals surface area (Å²) in [7, 11) is -3.83. The first-order valence-electron chi connectivity index (χ1n) is 6.77. The number of rotatable bonds is 6. The van der Waals surface area contributed by atoms with Crippen molar-refractivity contribution in [1.82, 2.24) is 20.6 Å². The van der Waals surface area contributed by atoms with E-state index in [0.717, 1.165) is 35.6 Å². The second-order valence-electron chi connectivity index (χ2n) is 4.87. The van der Waals surface area contributed by atoms with Crippen molar-refractivity contribution in [2.45, 2.75) is 16.2 Å². The lowest BCUT2D eigenvalue weighted by Gasteiger charge is -2.01. The van der Waals surface area contributed by atoms with Crippen LogP contribution in [0.15, 0.2) is 45.5 Å². The molecule has 0 unspecified atom stereocenters. The number of carbonyl (C=O) groups is 2. The van der Waals surface area contributed by atoms with Gasteiger partial charge in [-0.05, 0) is 35.5 Å². The summed E-state index contributed by atoms with van der Waals surface area (Å²) in [6, 6.07) is 5.73. The molecule has 2 heterocycles. The molecule has 8 nitrogen and oxygen atoms in total. The Balaban J connectivity index is 1.79. The number of aromatic nitrogens is 4. The number of hydrogen-bond acceptors (Lipinski definition) is 8. The van der Waals surface area contributed by atoms with Crippen LogP contribution in [0.5, 0.6) is 0 Å². The van der Waals surface area contributed by atoms with Crippen molar-refractivity contribution in [2.24, 2.45) is 0 Å². The molecule has 11 heteroatoms. The summed E-state index contributed by atoms with van der Waals surface area (Å²) in [4.78, 5) is 24.0. The molecule has 1 N–H and O–H groups in total. The Labute approximate surface area is 144 Å². The highest BCUT2D eigenvalue weighted by Gasteiger charge is 2.24. The van der Waals surface area contributed by atoms with Crippen LogP contribution >= 0.6 is 11.3 Å². The summed E-state index contributed by atoms with van der Waals surface area (Å²) in [5, 5.41) is 13.5. The predicted molar refractivity (Wildman–Crippen MR) is 83.4 cm³/mol. The zero-order valence-electron chi connectivity index (χ0n) is 12.3. The number of hydrogen-bond donors (Lipinski definition) is 1. The fourth-order valence-corrected chi connectivity index (χ4v) is 4.50. The van der Waals surface area contributed by atoms with E-state index in [0.29, 0.717) is 4.88 Å². The van der Waals surface area contributed by atoms with Gasteiger partial charge in [0, 0.05) is 16.7 Å². The molecule has 2 aromatic heterocycles. The standard InChI is InChI=1S/C14H9FN4O4S2/c15-8-1-3-10(4-2-8)25(22,23)11-5-9(24-7-11)6-12(20)13(21)14-16-18-19-17-14/h1-5,7H,6H2,(H,16,17,18,19). The van der Waals surface area contributed by atoms with E-state index in [9.17, 15) is 22.4 Å². The number of benzene rings is 1. The van der Waals surface area contributed by atoms with Gasteiger partial charge in [0.15, 0.2) is 0 Å². The summed E-state index contributed by atoms with van der Waals surface area (Å²) < 4.78 is 37.9. The Morgan fingerprint density at radius 2 is 1.88 bits per heavy atom. The third-order valence-electron chi connectivity index (χ3n) is 3.20. The molecule has 0 aliphatic rings. The predicted octanol–water partition coefficient (Wildman–Crippen LogP) is 1.23. The van der Waals surface area contributed by atoms with Crippen molar-refractivity contribution in [3.8, 4) is 0 Å². The van der Waals surface area contributed by atoms with Gasteiger partial charge in [0.25, 0.3) is 5.78 Å². The van der Waals surface area contributed by atoms with Crippen LogP contribution in [0, 0.1) is 5.82 Å². The van der Waals surface area contributed by atoms with Gasteiger partial charge in [-0.15, -0.1) is 21.5 Å². The second kappa shape index (κ2) is 6.61. The van der Waals surface area contributed by atoms with Gasteiger partial charge in [0.05, 0.1) is 9.79 Å². The Morgan fingerprint density at radius 3 is 2.52 bits per heavy atom. The molecule has 0 amide bonds. The fraction of sp³-hybridized carbons (Fsp3) is 0.0714. The van der Waals surface area contributed by atoms with Crippen LogP contribution in [0.2, 0.25) is 0 Å². The number of halogens is 1. The first-order valence-corrected chi connectivity index (χ1v) is 9.13. The number of sulfone groups is 1. The van der Waals surface area contributed by atoms with E-state index in [-0.39, 0.29) is 22.0 Å². The average molecular weight is 380 g/mol. The molecule has 1 aromatic carbocycles. The normalized spacial score (nSPS) is 11.4. The fourth-order valence-electron chi connectivity index (χ4n) is 1.97. The van der Waals surface area contributed by atoms with E-state index < -0.39 is 27.2 Å². The molecule has 0 aliphatic carbocycles. The Kier molecular flexibility index (Phi) is 4.51. The number of tetrazole rings is 1. The van der Waals surface area contributed by atoms with Gasteiger partial charge < -0.3 is 0 Å². The molecular formula is C14H9FN4O4S2. The number of nitrogens with zero attached hydrogens (tertiary/aromatic N) is 3. The molecule has 0 spiro atoms. The summed E-state index contributed by atoms with van der Waals surface area (Å²) >= 11 is 1.03. The molecule has 0 fully saturated rings. The lowest BCUT2D eigenvalue weighted by atomic mass is 10.1. The van der Waals surface area contributed by atoms with Gasteiger partial charge in [-0.25, -0.2) is 12.8 Å². The van der Waals surface area contributed by atoms with E-state index in [1.807, 2.05) is 0 Å². The van der Waals surface area contributed by atoms with Crippen LogP contribution < -0.4 is 0 Å². The summed E-state index contributed by atoms with van der Waals surface area (Å²) in [5.41, 5.74) is 0. The first kappa shape index (κ1) is 17.0. The average Bonchev–Trinajstić information content (AvgIpc) is 3.26. The smallest absolute Gasteiger partial charge is 0.269 e. The zero-order valence-corrected chi connectivity index (χ0v) is 14.0. The lowest BCUT2D eigenvalue weighted by Crippen LogP contribution is -2.17. The Morgan fingerprint density at radius 1 is 1.16 bits per heavy atom. The maximum absolute atomic E-state index is 12.9. The highest BCUT2D eigenvalue weighted by molar-refractivity contribution is 7.91. The monoisotopic (exact) mass is 380 g/mol. The number of H-pyrrole nitrogens is 1. The van der Waals surface area contributed by atoms with Crippen molar-refractivity contribution in [1.29, 1.82) is 0 Å². The van der Waals surface area contributed by atoms with Gasteiger partial charge in [0.1, 0.15) is 5.82 Å². The largest absolute Gasteiger partial charge is 0.290 e. The van der Waals surface area contributed by atoms with Gasteiger partial charge >= 0.3 is 0 Å². The molecule has 25 heavy (non-hydrogen) atoms. The molecule has 3 rings (SSSR count). The molecule has 3 aromatic rings. The minimum Gasteiger partial charge on any atom is -0.290 e. The van der Waals surface area contributed by atoms with Crippen LogP contribution in [-0.4, -0.2) is 40.6 Å². The quantitative estimate of drug-likeness (QED) is 0.387. The number of nitrogens with one attached hydrogen (secondary N) is 1. The van der Waals surface area contributed by atoms with E-state index in [2.05, 4.69) is 20.6 Å². The number of Topliss-reactive ketones (excluding diaryl/α,β-unsaturated/α-hetero) is 2. The van der Waals surface area contributed by atoms with Crippen molar-refractivity contribution in [3.05, 3.63) is 52.2 Å². The topological polar surface area (TPSA) is 123 Å². The van der Waals surface area contributed by atoms with Crippen LogP contribution in [0.1, 0.15) is 15.5 Å². The molecule has 0 saturated carbocycles. The maximum atomic E-state index is 12.9. The van der Waals surface area contributed by atoms with E-state index in [1.165, 1.54) is 11.4 Å². The van der Waals surface area contributed by atoms with Gasteiger partial charge in [-0.2, -0.15) is 5.21 Å².